The van der Waals surface area contributed by atoms with Crippen molar-refractivity contribution in [2.75, 3.05) is 7.11 Å². The Morgan fingerprint density at radius 3 is 2.04 bits per heavy atom. The molecule has 0 aliphatic rings. The van der Waals surface area contributed by atoms with Gasteiger partial charge in [-0.05, 0) is 12.0 Å². The van der Waals surface area contributed by atoms with E-state index < -0.39 is 24.6 Å². The Morgan fingerprint density at radius 2 is 1.60 bits per heavy atom. The minimum Gasteiger partial charge on any atom is -0.364 e. The highest BCUT2D eigenvalue weighted by Crippen LogP contribution is 2.54. The highest BCUT2D eigenvalue weighted by molar-refractivity contribution is 7.52. The fraction of sp³-hybridized carbons (Fsp3) is 0.316. The van der Waals surface area contributed by atoms with E-state index in [1.54, 1.807) is 60.7 Å². The molecule has 134 valence electrons. The second-order valence-corrected chi connectivity index (χ2v) is 7.70. The number of ketones is 1. The van der Waals surface area contributed by atoms with Gasteiger partial charge in [-0.1, -0.05) is 74.0 Å². The van der Waals surface area contributed by atoms with Crippen molar-refractivity contribution in [2.24, 2.45) is 0 Å². The Morgan fingerprint density at radius 1 is 1.08 bits per heavy atom. The van der Waals surface area contributed by atoms with Crippen LogP contribution in [0.25, 0.3) is 0 Å². The molecule has 5 nitrogen and oxygen atoms in total. The molecule has 0 aliphatic carbocycles. The van der Waals surface area contributed by atoms with Crippen LogP contribution in [0, 0.1) is 0 Å². The summed E-state index contributed by atoms with van der Waals surface area (Å²) in [4.78, 5) is 33.4. The van der Waals surface area contributed by atoms with E-state index in [4.69, 9.17) is 4.74 Å². The van der Waals surface area contributed by atoms with Crippen LogP contribution in [0.15, 0.2) is 60.7 Å². The fourth-order valence-electron chi connectivity index (χ4n) is 3.19. The van der Waals surface area contributed by atoms with Gasteiger partial charge in [-0.2, -0.15) is 0 Å². The van der Waals surface area contributed by atoms with Crippen molar-refractivity contribution in [1.29, 1.82) is 0 Å². The first-order chi connectivity index (χ1) is 11.9. The quantitative estimate of drug-likeness (QED) is 0.552. The van der Waals surface area contributed by atoms with Crippen molar-refractivity contribution < 1.29 is 23.9 Å². The molecule has 25 heavy (non-hydrogen) atoms. The maximum atomic E-state index is 13.4. The molecule has 2 rings (SSSR count). The first-order valence-corrected chi connectivity index (χ1v) is 9.81. The number of methoxy groups -OCH3 is 1. The van der Waals surface area contributed by atoms with E-state index in [1.165, 1.54) is 7.11 Å². The third-order valence-electron chi connectivity index (χ3n) is 4.34. The average Bonchev–Trinajstić information content (AvgIpc) is 2.62. The molecule has 2 unspecified atom stereocenters. The van der Waals surface area contributed by atoms with Crippen LogP contribution in [-0.4, -0.2) is 28.3 Å². The van der Waals surface area contributed by atoms with Crippen molar-refractivity contribution in [3.63, 3.8) is 0 Å². The lowest BCUT2D eigenvalue weighted by Crippen LogP contribution is -2.48. The van der Waals surface area contributed by atoms with E-state index in [0.717, 1.165) is 0 Å². The van der Waals surface area contributed by atoms with E-state index >= 15 is 0 Å². The second kappa shape index (κ2) is 8.07. The minimum atomic E-state index is -4.62. The zero-order chi connectivity index (χ0) is 18.5. The Labute approximate surface area is 147 Å². The highest BCUT2D eigenvalue weighted by atomic mass is 31.2. The number of rotatable bonds is 8. The van der Waals surface area contributed by atoms with Gasteiger partial charge in [-0.3, -0.25) is 9.36 Å². The van der Waals surface area contributed by atoms with Crippen LogP contribution >= 0.6 is 7.60 Å². The maximum Gasteiger partial charge on any atom is 0.332 e. The third-order valence-corrected chi connectivity index (χ3v) is 5.77. The normalized spacial score (nSPS) is 15.4. The molecular formula is C19H23O5P. The number of hydrogen-bond acceptors (Lipinski definition) is 3. The van der Waals surface area contributed by atoms with Gasteiger partial charge >= 0.3 is 7.60 Å². The first kappa shape index (κ1) is 19.5. The van der Waals surface area contributed by atoms with E-state index in [0.29, 0.717) is 17.5 Å². The summed E-state index contributed by atoms with van der Waals surface area (Å²) in [5.41, 5.74) is -2.24. The lowest BCUT2D eigenvalue weighted by molar-refractivity contribution is -0.00921. The summed E-state index contributed by atoms with van der Waals surface area (Å²) < 4.78 is 17.9. The average molecular weight is 362 g/mol. The monoisotopic (exact) mass is 362 g/mol. The Balaban J connectivity index is 2.74. The van der Waals surface area contributed by atoms with Gasteiger partial charge < -0.3 is 14.5 Å². The summed E-state index contributed by atoms with van der Waals surface area (Å²) in [5.74, 6) is -0.455. The largest absolute Gasteiger partial charge is 0.364 e. The van der Waals surface area contributed by atoms with Crippen molar-refractivity contribution in [2.45, 2.75) is 31.0 Å². The summed E-state index contributed by atoms with van der Waals surface area (Å²) in [5, 5.41) is 0. The summed E-state index contributed by atoms with van der Waals surface area (Å²) in [7, 11) is -3.29. The summed E-state index contributed by atoms with van der Waals surface area (Å²) in [6, 6.07) is 17.0. The molecule has 0 amide bonds. The number of ether oxygens (including phenoxy) is 1. The molecule has 6 heteroatoms. The standard InChI is InChI=1S/C19H23O5P/c1-3-10-17(25(21,22)23)19(24-2,16-13-8-5-9-14-16)18(20)15-11-6-4-7-12-15/h4-9,11-14,17H,3,10H2,1-2H3,(H2,21,22,23). The molecule has 0 spiro atoms. The molecule has 2 aromatic carbocycles. The van der Waals surface area contributed by atoms with Gasteiger partial charge in [0.2, 0.25) is 0 Å². The Kier molecular flexibility index (Phi) is 6.31. The maximum absolute atomic E-state index is 13.4. The SMILES string of the molecule is CCCC(C(OC)(C(=O)c1ccccc1)c1ccccc1)P(=O)(O)O. The van der Waals surface area contributed by atoms with Gasteiger partial charge in [0.05, 0.1) is 0 Å². The zero-order valence-electron chi connectivity index (χ0n) is 14.3. The predicted octanol–water partition coefficient (Wildman–Crippen LogP) is 3.76. The second-order valence-electron chi connectivity index (χ2n) is 5.89. The molecule has 0 saturated carbocycles. The number of carbonyl (C=O) groups excluding carboxylic acids is 1. The van der Waals surface area contributed by atoms with Gasteiger partial charge in [0.25, 0.3) is 0 Å². The molecule has 0 aliphatic heterocycles. The molecule has 0 heterocycles. The minimum absolute atomic E-state index is 0.158. The highest BCUT2D eigenvalue weighted by Gasteiger charge is 2.54. The molecule has 2 atom stereocenters. The lowest BCUT2D eigenvalue weighted by atomic mass is 9.81. The van der Waals surface area contributed by atoms with Crippen LogP contribution in [-0.2, 0) is 14.9 Å². The molecule has 0 radical (unpaired) electrons. The molecule has 2 aromatic rings. The van der Waals surface area contributed by atoms with Crippen LogP contribution in [0.5, 0.6) is 0 Å². The molecular weight excluding hydrogens is 339 g/mol. The van der Waals surface area contributed by atoms with Gasteiger partial charge in [0.1, 0.15) is 5.66 Å². The smallest absolute Gasteiger partial charge is 0.332 e. The van der Waals surface area contributed by atoms with Crippen LogP contribution < -0.4 is 0 Å². The van der Waals surface area contributed by atoms with Crippen molar-refractivity contribution in [3.05, 3.63) is 71.8 Å². The van der Waals surface area contributed by atoms with Gasteiger partial charge in [0, 0.05) is 12.7 Å². The van der Waals surface area contributed by atoms with Crippen LogP contribution in [0.4, 0.5) is 0 Å². The third kappa shape index (κ3) is 3.91. The summed E-state index contributed by atoms with van der Waals surface area (Å²) in [6.07, 6.45) is 0.668. The molecule has 0 fully saturated rings. The molecule has 2 N–H and O–H groups in total. The summed E-state index contributed by atoms with van der Waals surface area (Å²) in [6.45, 7) is 1.82. The molecule has 0 saturated heterocycles. The zero-order valence-corrected chi connectivity index (χ0v) is 15.2. The van der Waals surface area contributed by atoms with Crippen LogP contribution in [0.1, 0.15) is 35.7 Å². The van der Waals surface area contributed by atoms with E-state index in [2.05, 4.69) is 0 Å². The van der Waals surface area contributed by atoms with Gasteiger partial charge in [-0.15, -0.1) is 0 Å². The van der Waals surface area contributed by atoms with Crippen LogP contribution in [0.2, 0.25) is 0 Å². The van der Waals surface area contributed by atoms with Crippen molar-refractivity contribution in [3.8, 4) is 0 Å². The van der Waals surface area contributed by atoms with E-state index in [-0.39, 0.29) is 6.42 Å². The number of benzene rings is 2. The fourth-order valence-corrected chi connectivity index (χ4v) is 4.63. The number of carbonyl (C=O) groups is 1. The molecule has 0 aromatic heterocycles. The van der Waals surface area contributed by atoms with Gasteiger partial charge in [0.15, 0.2) is 11.4 Å². The lowest BCUT2D eigenvalue weighted by Gasteiger charge is -2.39. The van der Waals surface area contributed by atoms with Crippen molar-refractivity contribution >= 4 is 13.4 Å². The Bertz CT molecular complexity index is 741. The molecule has 0 bridgehead atoms. The van der Waals surface area contributed by atoms with Crippen molar-refractivity contribution in [1.82, 2.24) is 0 Å². The number of Topliss-reactive ketones (excluding diaryl/α,β-unsaturated/α-hetero) is 1. The van der Waals surface area contributed by atoms with E-state index in [1.807, 2.05) is 6.92 Å². The Hall–Kier alpha value is -1.78. The van der Waals surface area contributed by atoms with E-state index in [9.17, 15) is 19.1 Å². The number of hydrogen-bond donors (Lipinski definition) is 2. The first-order valence-electron chi connectivity index (χ1n) is 8.13. The van der Waals surface area contributed by atoms with Gasteiger partial charge in [-0.25, -0.2) is 0 Å². The topological polar surface area (TPSA) is 83.8 Å². The summed E-state index contributed by atoms with van der Waals surface area (Å²) >= 11 is 0. The predicted molar refractivity (Wildman–Crippen MR) is 96.6 cm³/mol. The van der Waals surface area contributed by atoms with Crippen LogP contribution in [0.3, 0.4) is 0 Å².